The van der Waals surface area contributed by atoms with Gasteiger partial charge in [-0.2, -0.15) is 0 Å². The summed E-state index contributed by atoms with van der Waals surface area (Å²) >= 11 is 0. The van der Waals surface area contributed by atoms with Gasteiger partial charge in [0.25, 0.3) is 11.5 Å². The van der Waals surface area contributed by atoms with Crippen LogP contribution < -0.4 is 31.9 Å². The summed E-state index contributed by atoms with van der Waals surface area (Å²) in [5, 5.41) is 16.0. The lowest BCUT2D eigenvalue weighted by Crippen LogP contribution is -2.42. The molecule has 0 radical (unpaired) electrons. The summed E-state index contributed by atoms with van der Waals surface area (Å²) in [4.78, 5) is 43.8. The molecule has 1 aliphatic rings. The smallest absolute Gasteiger partial charge is 0.335 e. The summed E-state index contributed by atoms with van der Waals surface area (Å²) in [6.45, 7) is 3.40. The van der Waals surface area contributed by atoms with Gasteiger partial charge in [0, 0.05) is 48.7 Å². The number of amides is 1. The van der Waals surface area contributed by atoms with Gasteiger partial charge in [-0.3, -0.25) is 14.2 Å². The van der Waals surface area contributed by atoms with Crippen LogP contribution in [0, 0.1) is 17.0 Å². The molecule has 2 aromatic heterocycles. The lowest BCUT2D eigenvalue weighted by atomic mass is 10.2. The van der Waals surface area contributed by atoms with E-state index in [0.29, 0.717) is 17.2 Å². The Labute approximate surface area is 255 Å². The second-order valence-electron chi connectivity index (χ2n) is 9.98. The fourth-order valence-electron chi connectivity index (χ4n) is 4.34. The molecule has 4 aromatic rings. The molecule has 2 aromatic carbocycles. The number of nitrogens with zero attached hydrogens (tertiary/aromatic N) is 3. The van der Waals surface area contributed by atoms with Crippen LogP contribution in [0.5, 0.6) is 5.75 Å². The predicted octanol–water partition coefficient (Wildman–Crippen LogP) is 4.86. The number of allylic oxidation sites excluding steroid dienone is 2. The Bertz CT molecular complexity index is 1980. The third-order valence-electron chi connectivity index (χ3n) is 6.53. The van der Waals surface area contributed by atoms with E-state index >= 15 is 4.39 Å². The molecule has 0 fully saturated rings. The summed E-state index contributed by atoms with van der Waals surface area (Å²) in [6.07, 6.45) is 8.48. The number of nitrogens with one attached hydrogen (secondary N) is 4. The van der Waals surface area contributed by atoms with E-state index in [2.05, 4.69) is 20.9 Å². The highest BCUT2D eigenvalue weighted by Crippen LogP contribution is 2.27. The summed E-state index contributed by atoms with van der Waals surface area (Å²) in [7, 11) is 0. The zero-order valence-electron chi connectivity index (χ0n) is 24.0. The molecule has 0 aliphatic carbocycles. The lowest BCUT2D eigenvalue weighted by molar-refractivity contribution is 0.102. The molecule has 0 atom stereocenters. The van der Waals surface area contributed by atoms with Crippen LogP contribution in [0.1, 0.15) is 30.2 Å². The van der Waals surface area contributed by atoms with Gasteiger partial charge < -0.3 is 26.1 Å². The van der Waals surface area contributed by atoms with Crippen molar-refractivity contribution in [3.05, 3.63) is 147 Å². The van der Waals surface area contributed by atoms with E-state index in [1.807, 2.05) is 6.07 Å². The van der Waals surface area contributed by atoms with Crippen molar-refractivity contribution in [2.75, 3.05) is 10.6 Å². The van der Waals surface area contributed by atoms with Crippen molar-refractivity contribution >= 4 is 23.6 Å². The van der Waals surface area contributed by atoms with Crippen molar-refractivity contribution in [2.24, 2.45) is 0 Å². The van der Waals surface area contributed by atoms with Crippen molar-refractivity contribution in [1.29, 1.82) is 5.41 Å². The quantitative estimate of drug-likeness (QED) is 0.198. The van der Waals surface area contributed by atoms with E-state index < -0.39 is 34.8 Å². The van der Waals surface area contributed by atoms with E-state index in [1.165, 1.54) is 34.9 Å². The van der Waals surface area contributed by atoms with Crippen LogP contribution in [0.2, 0.25) is 0 Å². The molecule has 0 unspecified atom stereocenters. The predicted molar refractivity (Wildman–Crippen MR) is 166 cm³/mol. The number of ether oxygens (including phenoxy) is 1. The maximum atomic E-state index is 15.3. The minimum atomic E-state index is -0.924. The van der Waals surface area contributed by atoms with Crippen molar-refractivity contribution in [3.63, 3.8) is 0 Å². The van der Waals surface area contributed by atoms with Crippen LogP contribution in [0.25, 0.3) is 5.69 Å². The van der Waals surface area contributed by atoms with Gasteiger partial charge in [0.1, 0.15) is 17.2 Å². The van der Waals surface area contributed by atoms with Gasteiger partial charge in [-0.25, -0.2) is 23.1 Å². The average molecular weight is 612 g/mol. The van der Waals surface area contributed by atoms with Crippen LogP contribution in [-0.2, 0) is 0 Å². The number of hydrogen-bond acceptors (Lipinski definition) is 8. The fourth-order valence-corrected chi connectivity index (χ4v) is 4.34. The highest BCUT2D eigenvalue weighted by Gasteiger charge is 2.21. The third-order valence-corrected chi connectivity index (χ3v) is 6.53. The summed E-state index contributed by atoms with van der Waals surface area (Å²) < 4.78 is 36.6. The first kappa shape index (κ1) is 30.4. The molecule has 0 spiro atoms. The molecule has 5 rings (SSSR count). The van der Waals surface area contributed by atoms with Crippen LogP contribution in [-0.4, -0.2) is 26.2 Å². The number of anilines is 2. The number of aromatic nitrogens is 3. The first-order valence-corrected chi connectivity index (χ1v) is 13.6. The van der Waals surface area contributed by atoms with Crippen molar-refractivity contribution in [1.82, 2.24) is 19.4 Å². The Morgan fingerprint density at radius 2 is 1.87 bits per heavy atom. The number of carbonyl (C=O) groups excluding carboxylic acids is 1. The third kappa shape index (κ3) is 6.77. The molecular formula is C32H27F2N7O4. The van der Waals surface area contributed by atoms with Gasteiger partial charge in [-0.15, -0.1) is 0 Å². The van der Waals surface area contributed by atoms with E-state index in [-0.39, 0.29) is 28.4 Å². The molecule has 1 amide bonds. The first-order chi connectivity index (χ1) is 21.6. The van der Waals surface area contributed by atoms with Crippen molar-refractivity contribution < 1.29 is 18.3 Å². The van der Waals surface area contributed by atoms with Gasteiger partial charge in [0.15, 0.2) is 17.3 Å². The maximum absolute atomic E-state index is 15.3. The number of dihydropyridines is 1. The number of pyridine rings is 1. The molecule has 0 saturated heterocycles. The summed E-state index contributed by atoms with van der Waals surface area (Å²) in [5.41, 5.74) is -0.959. The molecule has 0 bridgehead atoms. The van der Waals surface area contributed by atoms with Crippen LogP contribution >= 0.6 is 0 Å². The van der Waals surface area contributed by atoms with Crippen molar-refractivity contribution in [2.45, 2.75) is 19.9 Å². The lowest BCUT2D eigenvalue weighted by Gasteiger charge is -2.20. The standard InChI is InChI=1S/C32H27F2N7O4/c1-19(2)40-18-24(31(43)41(32(40)44)23-9-6-20(33)7-10-23)30(42)39-21-8-11-27(25(34)15-21)45-28-16-22(17-37-26(28)12-13-35)38-29-5-3-4-14-36-29/h3-19,35,37H,1-2H3,(H,36,38)(H,39,42)/b26-12-,35-13?. The summed E-state index contributed by atoms with van der Waals surface area (Å²) in [6, 6.07) is 13.3. The summed E-state index contributed by atoms with van der Waals surface area (Å²) in [5.74, 6) is -1.68. The molecule has 4 N–H and O–H groups in total. The fraction of sp³-hybridized carbons (Fsp3) is 0.0938. The monoisotopic (exact) mass is 611 g/mol. The topological polar surface area (TPSA) is 143 Å². The molecule has 3 heterocycles. The zero-order valence-corrected chi connectivity index (χ0v) is 24.0. The van der Waals surface area contributed by atoms with E-state index in [1.54, 1.807) is 44.5 Å². The van der Waals surface area contributed by atoms with Gasteiger partial charge in [0.2, 0.25) is 0 Å². The molecule has 0 saturated carbocycles. The number of carbonyl (C=O) groups is 1. The SMILES string of the molecule is CC(C)n1cc(C(=O)Nc2ccc(OC3=CC(Nc4ccccn4)=CN/C3=C\C=N)c(F)c2)c(=O)n(-c2ccc(F)cc2)c1=O. The van der Waals surface area contributed by atoms with Crippen molar-refractivity contribution in [3.8, 4) is 11.4 Å². The highest BCUT2D eigenvalue weighted by molar-refractivity contribution is 6.03. The Morgan fingerprint density at radius 3 is 2.53 bits per heavy atom. The minimum absolute atomic E-state index is 0.0169. The van der Waals surface area contributed by atoms with E-state index in [4.69, 9.17) is 10.1 Å². The number of hydrogen-bond donors (Lipinski definition) is 4. The molecular weight excluding hydrogens is 584 g/mol. The molecule has 13 heteroatoms. The maximum Gasteiger partial charge on any atom is 0.335 e. The second-order valence-corrected chi connectivity index (χ2v) is 9.98. The average Bonchev–Trinajstić information content (AvgIpc) is 3.01. The first-order valence-electron chi connectivity index (χ1n) is 13.6. The van der Waals surface area contributed by atoms with Crippen LogP contribution in [0.15, 0.2) is 118 Å². The van der Waals surface area contributed by atoms with E-state index in [9.17, 15) is 18.8 Å². The van der Waals surface area contributed by atoms with Gasteiger partial charge in [-0.05, 0) is 68.5 Å². The van der Waals surface area contributed by atoms with Gasteiger partial charge in [-0.1, -0.05) is 6.07 Å². The number of benzene rings is 2. The zero-order chi connectivity index (χ0) is 32.1. The highest BCUT2D eigenvalue weighted by atomic mass is 19.1. The number of rotatable bonds is 9. The Balaban J connectivity index is 1.40. The van der Waals surface area contributed by atoms with Gasteiger partial charge >= 0.3 is 5.69 Å². The Hall–Kier alpha value is -6.11. The Kier molecular flexibility index (Phi) is 8.79. The minimum Gasteiger partial charge on any atom is -0.452 e. The van der Waals surface area contributed by atoms with E-state index in [0.717, 1.165) is 35.2 Å². The molecule has 45 heavy (non-hydrogen) atoms. The molecule has 228 valence electrons. The van der Waals surface area contributed by atoms with Crippen LogP contribution in [0.3, 0.4) is 0 Å². The van der Waals surface area contributed by atoms with Gasteiger partial charge in [0.05, 0.1) is 17.1 Å². The van der Waals surface area contributed by atoms with Crippen LogP contribution in [0.4, 0.5) is 20.3 Å². The second kappa shape index (κ2) is 13.0. The largest absolute Gasteiger partial charge is 0.452 e. The number of halogens is 2. The Morgan fingerprint density at radius 1 is 1.09 bits per heavy atom. The molecule has 11 nitrogen and oxygen atoms in total. The normalized spacial score (nSPS) is 13.5. The molecule has 1 aliphatic heterocycles.